The molecule has 0 spiro atoms. The minimum absolute atomic E-state index is 0.132. The van der Waals surface area contributed by atoms with Crippen LogP contribution >= 0.6 is 0 Å². The van der Waals surface area contributed by atoms with Crippen LogP contribution in [0.1, 0.15) is 10.6 Å². The van der Waals surface area contributed by atoms with Gasteiger partial charge in [0.2, 0.25) is 5.78 Å². The maximum atomic E-state index is 12.1. The summed E-state index contributed by atoms with van der Waals surface area (Å²) in [4.78, 5) is 30.6. The number of rotatable bonds is 4. The van der Waals surface area contributed by atoms with Gasteiger partial charge in [-0.3, -0.25) is 19.3 Å². The normalized spacial score (nSPS) is 10.8. The van der Waals surface area contributed by atoms with Crippen molar-refractivity contribution in [3.8, 4) is 11.3 Å². The molecule has 0 aliphatic carbocycles. The first kappa shape index (κ1) is 15.5. The van der Waals surface area contributed by atoms with Crippen molar-refractivity contribution in [2.75, 3.05) is 5.32 Å². The number of nitro groups is 1. The lowest BCUT2D eigenvalue weighted by atomic mass is 10.1. The van der Waals surface area contributed by atoms with Crippen LogP contribution in [0.2, 0.25) is 0 Å². The molecule has 3 aromatic heterocycles. The maximum absolute atomic E-state index is 12.1. The van der Waals surface area contributed by atoms with Crippen LogP contribution in [-0.4, -0.2) is 25.2 Å². The third-order valence-corrected chi connectivity index (χ3v) is 3.67. The van der Waals surface area contributed by atoms with E-state index in [1.807, 2.05) is 35.0 Å². The molecule has 0 radical (unpaired) electrons. The fourth-order valence-electron chi connectivity index (χ4n) is 2.43. The number of nitrogens with one attached hydrogen (secondary N) is 1. The predicted molar refractivity (Wildman–Crippen MR) is 91.7 cm³/mol. The molecule has 0 bridgehead atoms. The Kier molecular flexibility index (Phi) is 3.66. The molecule has 1 aromatic carbocycles. The zero-order valence-corrected chi connectivity index (χ0v) is 13.2. The topological polar surface area (TPSA) is 116 Å². The molecule has 4 rings (SSSR count). The van der Waals surface area contributed by atoms with Crippen molar-refractivity contribution in [3.05, 3.63) is 76.9 Å². The highest BCUT2D eigenvalue weighted by Crippen LogP contribution is 2.22. The van der Waals surface area contributed by atoms with Crippen molar-refractivity contribution in [2.24, 2.45) is 0 Å². The van der Waals surface area contributed by atoms with Gasteiger partial charge >= 0.3 is 5.88 Å². The van der Waals surface area contributed by atoms with Crippen molar-refractivity contribution in [1.82, 2.24) is 14.4 Å². The number of benzene rings is 1. The average Bonchev–Trinajstić information content (AvgIpc) is 3.29. The summed E-state index contributed by atoms with van der Waals surface area (Å²) < 4.78 is 6.69. The summed E-state index contributed by atoms with van der Waals surface area (Å²) in [6.45, 7) is 0. The minimum atomic E-state index is -0.699. The lowest BCUT2D eigenvalue weighted by Gasteiger charge is -2.03. The molecule has 4 aromatic rings. The zero-order valence-electron chi connectivity index (χ0n) is 13.2. The molecule has 9 heteroatoms. The molecule has 0 aliphatic rings. The zero-order chi connectivity index (χ0) is 18.1. The number of hydrogen-bond acceptors (Lipinski definition) is 6. The number of hydrogen-bond donors (Lipinski definition) is 1. The van der Waals surface area contributed by atoms with Crippen molar-refractivity contribution in [1.29, 1.82) is 0 Å². The second-order valence-corrected chi connectivity index (χ2v) is 5.38. The molecule has 1 amide bonds. The van der Waals surface area contributed by atoms with Crippen molar-refractivity contribution < 1.29 is 14.1 Å². The van der Waals surface area contributed by atoms with Crippen LogP contribution in [0.15, 0.2) is 65.5 Å². The van der Waals surface area contributed by atoms with Crippen LogP contribution in [0, 0.1) is 10.1 Å². The summed E-state index contributed by atoms with van der Waals surface area (Å²) in [5.74, 6) is -0.583. The quantitative estimate of drug-likeness (QED) is 0.447. The summed E-state index contributed by atoms with van der Waals surface area (Å²) >= 11 is 0. The van der Waals surface area contributed by atoms with E-state index in [0.717, 1.165) is 17.3 Å². The Morgan fingerprint density at radius 2 is 2.00 bits per heavy atom. The lowest BCUT2D eigenvalue weighted by Crippen LogP contribution is -2.10. The average molecular weight is 349 g/mol. The second kappa shape index (κ2) is 6.13. The van der Waals surface area contributed by atoms with Gasteiger partial charge in [-0.1, -0.05) is 12.1 Å². The lowest BCUT2D eigenvalue weighted by molar-refractivity contribution is -0.402. The number of imidazole rings is 1. The third kappa shape index (κ3) is 2.88. The summed E-state index contributed by atoms with van der Waals surface area (Å²) in [7, 11) is 0. The van der Waals surface area contributed by atoms with Crippen LogP contribution in [0.5, 0.6) is 0 Å². The first-order valence-corrected chi connectivity index (χ1v) is 7.56. The molecule has 1 N–H and O–H groups in total. The number of amides is 1. The van der Waals surface area contributed by atoms with Crippen molar-refractivity contribution in [3.63, 3.8) is 0 Å². The fourth-order valence-corrected chi connectivity index (χ4v) is 2.43. The first-order chi connectivity index (χ1) is 12.6. The minimum Gasteiger partial charge on any atom is -0.395 e. The Morgan fingerprint density at radius 1 is 1.19 bits per heavy atom. The number of anilines is 1. The van der Waals surface area contributed by atoms with E-state index >= 15 is 0 Å². The van der Waals surface area contributed by atoms with Gasteiger partial charge in [-0.15, -0.1) is 0 Å². The number of carbonyl (C=O) groups is 1. The van der Waals surface area contributed by atoms with Crippen LogP contribution < -0.4 is 5.32 Å². The van der Waals surface area contributed by atoms with E-state index in [1.165, 1.54) is 6.07 Å². The summed E-state index contributed by atoms with van der Waals surface area (Å²) in [5, 5.41) is 13.2. The Hall–Kier alpha value is -4.01. The van der Waals surface area contributed by atoms with Crippen molar-refractivity contribution in [2.45, 2.75) is 0 Å². The number of fused-ring (bicyclic) bond motifs is 1. The van der Waals surface area contributed by atoms with Gasteiger partial charge in [0.25, 0.3) is 5.91 Å². The highest BCUT2D eigenvalue weighted by atomic mass is 16.6. The van der Waals surface area contributed by atoms with Crippen LogP contribution in [0.3, 0.4) is 0 Å². The molecule has 128 valence electrons. The van der Waals surface area contributed by atoms with Gasteiger partial charge < -0.3 is 9.73 Å². The third-order valence-electron chi connectivity index (χ3n) is 3.67. The van der Waals surface area contributed by atoms with E-state index in [1.54, 1.807) is 18.3 Å². The summed E-state index contributed by atoms with van der Waals surface area (Å²) in [5.41, 5.74) is 2.14. The molecule has 0 aliphatic heterocycles. The predicted octanol–water partition coefficient (Wildman–Crippen LogP) is 3.15. The maximum Gasteiger partial charge on any atom is 0.433 e. The first-order valence-electron chi connectivity index (χ1n) is 7.56. The summed E-state index contributed by atoms with van der Waals surface area (Å²) in [6.07, 6.45) is 5.39. The molecule has 0 fully saturated rings. The molecular weight excluding hydrogens is 338 g/mol. The molecule has 0 atom stereocenters. The van der Waals surface area contributed by atoms with E-state index < -0.39 is 16.7 Å². The van der Waals surface area contributed by atoms with Gasteiger partial charge in [-0.25, -0.2) is 9.97 Å². The number of carbonyl (C=O) groups excluding carboxylic acids is 1. The molecule has 0 unspecified atom stereocenters. The number of aromatic nitrogens is 3. The molecule has 0 saturated carbocycles. The standard InChI is InChI=1S/C17H11N5O4/c23-16(14-6-7-15(26-14)22(24)25)19-12-4-2-11(3-5-12)13-10-21-9-1-8-18-17(21)20-13/h1-10H,(H,19,23). The van der Waals surface area contributed by atoms with Crippen LogP contribution in [-0.2, 0) is 0 Å². The fraction of sp³-hybridized carbons (Fsp3) is 0. The van der Waals surface area contributed by atoms with Crippen LogP contribution in [0.4, 0.5) is 11.6 Å². The molecule has 0 saturated heterocycles. The van der Waals surface area contributed by atoms with Gasteiger partial charge in [0.05, 0.1) is 11.8 Å². The number of nitrogens with zero attached hydrogens (tertiary/aromatic N) is 4. The van der Waals surface area contributed by atoms with E-state index in [4.69, 9.17) is 4.42 Å². The highest BCUT2D eigenvalue weighted by Gasteiger charge is 2.17. The van der Waals surface area contributed by atoms with E-state index in [2.05, 4.69) is 15.3 Å². The Balaban J connectivity index is 1.51. The monoisotopic (exact) mass is 349 g/mol. The summed E-state index contributed by atoms with van der Waals surface area (Å²) in [6, 6.07) is 11.2. The number of furan rings is 1. The van der Waals surface area contributed by atoms with E-state index in [9.17, 15) is 14.9 Å². The highest BCUT2D eigenvalue weighted by molar-refractivity contribution is 6.02. The van der Waals surface area contributed by atoms with Gasteiger partial charge in [0.1, 0.15) is 4.92 Å². The molecule has 3 heterocycles. The Morgan fingerprint density at radius 3 is 2.69 bits per heavy atom. The van der Waals surface area contributed by atoms with E-state index in [0.29, 0.717) is 11.5 Å². The van der Waals surface area contributed by atoms with Crippen LogP contribution in [0.25, 0.3) is 17.0 Å². The van der Waals surface area contributed by atoms with Gasteiger partial charge in [0, 0.05) is 29.8 Å². The molecular formula is C17H11N5O4. The van der Waals surface area contributed by atoms with Gasteiger partial charge in [-0.05, 0) is 24.3 Å². The largest absolute Gasteiger partial charge is 0.433 e. The molecule has 26 heavy (non-hydrogen) atoms. The van der Waals surface area contributed by atoms with E-state index in [-0.39, 0.29) is 5.76 Å². The molecule has 9 nitrogen and oxygen atoms in total. The Bertz CT molecular complexity index is 1080. The SMILES string of the molecule is O=C(Nc1ccc(-c2cn3cccnc3n2)cc1)c1ccc([N+](=O)[O-])o1. The second-order valence-electron chi connectivity index (χ2n) is 5.38. The van der Waals surface area contributed by atoms with Gasteiger partial charge in [0.15, 0.2) is 5.76 Å². The van der Waals surface area contributed by atoms with Gasteiger partial charge in [-0.2, -0.15) is 0 Å². The Labute approximate surface area is 146 Å². The van der Waals surface area contributed by atoms with Crippen molar-refractivity contribution >= 4 is 23.3 Å². The smallest absolute Gasteiger partial charge is 0.395 e.